The Hall–Kier alpha value is -1.94. The summed E-state index contributed by atoms with van der Waals surface area (Å²) in [6, 6.07) is 0. The molecule has 0 aromatic carbocycles. The van der Waals surface area contributed by atoms with Crippen LogP contribution in [0.25, 0.3) is 0 Å². The molecular formula is C77H150O17P2. The fraction of sp³-hybridized carbons (Fsp3) is 0.948. The molecule has 0 heterocycles. The summed E-state index contributed by atoms with van der Waals surface area (Å²) in [7, 11) is -9.90. The van der Waals surface area contributed by atoms with E-state index in [1.807, 2.05) is 0 Å². The zero-order valence-corrected chi connectivity index (χ0v) is 64.1. The molecule has 0 aromatic heterocycles. The summed E-state index contributed by atoms with van der Waals surface area (Å²) in [6.45, 7) is 4.96. The van der Waals surface area contributed by atoms with Crippen LogP contribution in [0.3, 0.4) is 0 Å². The lowest BCUT2D eigenvalue weighted by atomic mass is 10.0. The standard InChI is InChI=1S/C77H150O17P2/c1-5-9-13-17-21-24-27-30-32-34-35-37-39-42-45-48-52-56-60-64-77(82)94-73(68-88-75(80)62-58-54-50-46-43-41-38-36-33-31-28-25-22-18-14-10-6-2)70-92-96(85,86)90-66-71(78)65-89-95(83,84)91-69-72(67-87-74(79)61-57-53-49-20-16-12-8-4)93-76(81)63-59-55-51-47-44-40-29-26-23-19-15-11-7-3/h71-73,78H,5-70H2,1-4H3,(H,83,84)(H,85,86)/t71-,72+,73+/m0/s1. The average molecular weight is 1410 g/mol. The highest BCUT2D eigenvalue weighted by Gasteiger charge is 2.30. The van der Waals surface area contributed by atoms with Gasteiger partial charge in [-0.05, 0) is 25.7 Å². The van der Waals surface area contributed by atoms with Crippen molar-refractivity contribution in [2.75, 3.05) is 39.6 Å². The molecule has 0 aliphatic heterocycles. The number of hydrogen-bond donors (Lipinski definition) is 3. The summed E-state index contributed by atoms with van der Waals surface area (Å²) in [5.41, 5.74) is 0. The van der Waals surface area contributed by atoms with Crippen LogP contribution in [0.2, 0.25) is 0 Å². The molecule has 0 amide bonds. The second-order valence-electron chi connectivity index (χ2n) is 27.7. The summed E-state index contributed by atoms with van der Waals surface area (Å²) in [4.78, 5) is 72.7. The number of phosphoric ester groups is 2. The monoisotopic (exact) mass is 1410 g/mol. The second kappa shape index (κ2) is 71.5. The van der Waals surface area contributed by atoms with Crippen molar-refractivity contribution in [1.82, 2.24) is 0 Å². The van der Waals surface area contributed by atoms with Crippen LogP contribution >= 0.6 is 15.6 Å². The van der Waals surface area contributed by atoms with E-state index >= 15 is 0 Å². The van der Waals surface area contributed by atoms with Gasteiger partial charge in [-0.1, -0.05) is 362 Å². The first-order chi connectivity index (χ1) is 46.7. The topological polar surface area (TPSA) is 237 Å². The van der Waals surface area contributed by atoms with E-state index in [-0.39, 0.29) is 25.7 Å². The van der Waals surface area contributed by atoms with Crippen LogP contribution < -0.4 is 0 Å². The second-order valence-corrected chi connectivity index (χ2v) is 30.7. The van der Waals surface area contributed by atoms with E-state index in [1.165, 1.54) is 231 Å². The van der Waals surface area contributed by atoms with Crippen LogP contribution in [0, 0.1) is 0 Å². The lowest BCUT2D eigenvalue weighted by Crippen LogP contribution is -2.30. The van der Waals surface area contributed by atoms with Crippen molar-refractivity contribution in [2.45, 2.75) is 431 Å². The van der Waals surface area contributed by atoms with Crippen LogP contribution in [-0.2, 0) is 65.4 Å². The number of unbranched alkanes of at least 4 members (excludes halogenated alkanes) is 52. The van der Waals surface area contributed by atoms with Crippen LogP contribution in [0.15, 0.2) is 0 Å². The summed E-state index contributed by atoms with van der Waals surface area (Å²) in [6.07, 6.45) is 62.6. The van der Waals surface area contributed by atoms with E-state index in [0.717, 1.165) is 103 Å². The number of phosphoric acid groups is 2. The van der Waals surface area contributed by atoms with Gasteiger partial charge >= 0.3 is 39.5 Å². The highest BCUT2D eigenvalue weighted by atomic mass is 31.2. The first kappa shape index (κ1) is 94.1. The van der Waals surface area contributed by atoms with E-state index in [1.54, 1.807) is 0 Å². The maximum Gasteiger partial charge on any atom is 0.472 e. The maximum absolute atomic E-state index is 13.1. The Kier molecular flexibility index (Phi) is 70.0. The van der Waals surface area contributed by atoms with E-state index in [0.29, 0.717) is 25.7 Å². The molecule has 17 nitrogen and oxygen atoms in total. The predicted molar refractivity (Wildman–Crippen MR) is 391 cm³/mol. The molecule has 0 rings (SSSR count). The molecule has 0 saturated carbocycles. The molecule has 2 unspecified atom stereocenters. The zero-order chi connectivity index (χ0) is 70.4. The van der Waals surface area contributed by atoms with Crippen LogP contribution in [-0.4, -0.2) is 96.7 Å². The Bertz CT molecular complexity index is 1830. The van der Waals surface area contributed by atoms with Crippen molar-refractivity contribution in [2.24, 2.45) is 0 Å². The molecule has 3 N–H and O–H groups in total. The van der Waals surface area contributed by atoms with E-state index in [2.05, 4.69) is 27.7 Å². The molecule has 5 atom stereocenters. The Morgan fingerprint density at radius 1 is 0.250 bits per heavy atom. The first-order valence-electron chi connectivity index (χ1n) is 40.3. The molecule has 0 spiro atoms. The van der Waals surface area contributed by atoms with Gasteiger partial charge in [-0.15, -0.1) is 0 Å². The number of carbonyl (C=O) groups excluding carboxylic acids is 4. The zero-order valence-electron chi connectivity index (χ0n) is 62.4. The fourth-order valence-corrected chi connectivity index (χ4v) is 13.5. The number of hydrogen-bond acceptors (Lipinski definition) is 15. The third-order valence-corrected chi connectivity index (χ3v) is 20.0. The van der Waals surface area contributed by atoms with Gasteiger partial charge in [0.05, 0.1) is 26.4 Å². The van der Waals surface area contributed by atoms with Crippen molar-refractivity contribution in [1.29, 1.82) is 0 Å². The Balaban J connectivity index is 5.18. The lowest BCUT2D eigenvalue weighted by Gasteiger charge is -2.21. The predicted octanol–water partition coefficient (Wildman–Crippen LogP) is 23.0. The molecule has 0 radical (unpaired) electrons. The van der Waals surface area contributed by atoms with Gasteiger partial charge < -0.3 is 33.8 Å². The highest BCUT2D eigenvalue weighted by molar-refractivity contribution is 7.47. The third-order valence-electron chi connectivity index (χ3n) is 18.1. The van der Waals surface area contributed by atoms with Crippen LogP contribution in [0.4, 0.5) is 0 Å². The van der Waals surface area contributed by atoms with Gasteiger partial charge in [0.2, 0.25) is 0 Å². The summed E-state index contributed by atoms with van der Waals surface area (Å²) in [5.74, 6) is -2.11. The minimum absolute atomic E-state index is 0.108. The minimum Gasteiger partial charge on any atom is -0.462 e. The van der Waals surface area contributed by atoms with Gasteiger partial charge in [-0.3, -0.25) is 37.3 Å². The third kappa shape index (κ3) is 70.5. The molecular weight excluding hydrogens is 1260 g/mol. The number of carbonyl (C=O) groups is 4. The van der Waals surface area contributed by atoms with Gasteiger partial charge in [0, 0.05) is 25.7 Å². The van der Waals surface area contributed by atoms with Gasteiger partial charge in [0.25, 0.3) is 0 Å². The number of ether oxygens (including phenoxy) is 4. The average Bonchev–Trinajstić information content (AvgIpc) is 1.80. The van der Waals surface area contributed by atoms with Crippen molar-refractivity contribution >= 4 is 39.5 Å². The number of esters is 4. The van der Waals surface area contributed by atoms with Gasteiger partial charge in [0.15, 0.2) is 12.2 Å². The first-order valence-corrected chi connectivity index (χ1v) is 43.3. The molecule has 0 aliphatic rings. The number of aliphatic hydroxyl groups is 1. The molecule has 0 bridgehead atoms. The summed E-state index contributed by atoms with van der Waals surface area (Å²) >= 11 is 0. The number of rotatable bonds is 78. The molecule has 0 aliphatic carbocycles. The van der Waals surface area contributed by atoms with Crippen molar-refractivity contribution in [3.8, 4) is 0 Å². The van der Waals surface area contributed by atoms with Gasteiger partial charge in [-0.25, -0.2) is 9.13 Å². The Labute approximate surface area is 588 Å². The van der Waals surface area contributed by atoms with Crippen LogP contribution in [0.5, 0.6) is 0 Å². The quantitative estimate of drug-likeness (QED) is 0.0222. The Morgan fingerprint density at radius 2 is 0.417 bits per heavy atom. The van der Waals surface area contributed by atoms with E-state index in [9.17, 15) is 43.2 Å². The molecule has 570 valence electrons. The molecule has 96 heavy (non-hydrogen) atoms. The largest absolute Gasteiger partial charge is 0.472 e. The molecule has 19 heteroatoms. The molecule has 0 fully saturated rings. The van der Waals surface area contributed by atoms with Crippen LogP contribution in [0.1, 0.15) is 413 Å². The van der Waals surface area contributed by atoms with Gasteiger partial charge in [0.1, 0.15) is 19.3 Å². The molecule has 0 saturated heterocycles. The van der Waals surface area contributed by atoms with Gasteiger partial charge in [-0.2, -0.15) is 0 Å². The number of aliphatic hydroxyl groups excluding tert-OH is 1. The smallest absolute Gasteiger partial charge is 0.462 e. The maximum atomic E-state index is 13.1. The summed E-state index contributed by atoms with van der Waals surface area (Å²) in [5, 5.41) is 10.6. The SMILES string of the molecule is CCCCCCCCCCCCCCCCCCCCCC(=O)O[C@H](COC(=O)CCCCCCCCCCCCCCCCCCC)COP(=O)(O)OC[C@@H](O)COP(=O)(O)OC[C@@H](COC(=O)CCCCCCCCC)OC(=O)CCCCCCCCCCCCCCC. The minimum atomic E-state index is -4.96. The van der Waals surface area contributed by atoms with E-state index < -0.39 is 97.5 Å². The van der Waals surface area contributed by atoms with E-state index in [4.69, 9.17) is 37.0 Å². The summed E-state index contributed by atoms with van der Waals surface area (Å²) < 4.78 is 68.5. The van der Waals surface area contributed by atoms with Crippen molar-refractivity contribution < 1.29 is 80.2 Å². The fourth-order valence-electron chi connectivity index (χ4n) is 11.9. The highest BCUT2D eigenvalue weighted by Crippen LogP contribution is 2.45. The van der Waals surface area contributed by atoms with Crippen molar-refractivity contribution in [3.05, 3.63) is 0 Å². The Morgan fingerprint density at radius 3 is 0.615 bits per heavy atom. The molecule has 0 aromatic rings. The normalized spacial score (nSPS) is 13.9. The lowest BCUT2D eigenvalue weighted by molar-refractivity contribution is -0.161. The van der Waals surface area contributed by atoms with Crippen molar-refractivity contribution in [3.63, 3.8) is 0 Å².